The number of carbonyl (C=O) groups is 3. The minimum Gasteiger partial charge on any atom is -0.355 e. The van der Waals surface area contributed by atoms with Crippen molar-refractivity contribution in [2.45, 2.75) is 33.2 Å². The Morgan fingerprint density at radius 3 is 2.28 bits per heavy atom. The van der Waals surface area contributed by atoms with Crippen LogP contribution in [0.15, 0.2) is 24.3 Å². The van der Waals surface area contributed by atoms with Gasteiger partial charge in [0.2, 0.25) is 11.8 Å². The molecule has 138 valence electrons. The van der Waals surface area contributed by atoms with Crippen LogP contribution >= 0.6 is 0 Å². The second-order valence-corrected chi connectivity index (χ2v) is 6.81. The normalized spacial score (nSPS) is 11.1. The van der Waals surface area contributed by atoms with Crippen molar-refractivity contribution in [3.8, 4) is 0 Å². The van der Waals surface area contributed by atoms with Crippen molar-refractivity contribution in [3.05, 3.63) is 29.8 Å². The van der Waals surface area contributed by atoms with E-state index in [1.54, 1.807) is 36.2 Å². The molecule has 1 aromatic rings. The third-order valence-corrected chi connectivity index (χ3v) is 3.33. The quantitative estimate of drug-likeness (QED) is 0.691. The number of nitrogens with zero attached hydrogens (tertiary/aromatic N) is 1. The molecule has 0 unspecified atom stereocenters. The van der Waals surface area contributed by atoms with E-state index in [0.717, 1.165) is 0 Å². The Morgan fingerprint density at radius 2 is 1.72 bits per heavy atom. The Bertz CT molecular complexity index is 623. The first-order chi connectivity index (χ1) is 11.6. The highest BCUT2D eigenvalue weighted by Crippen LogP contribution is 2.10. The molecule has 0 saturated carbocycles. The minimum atomic E-state index is -0.307. The molecule has 0 aliphatic heterocycles. The molecule has 0 aliphatic rings. The molecule has 0 saturated heterocycles. The van der Waals surface area contributed by atoms with Gasteiger partial charge in [0, 0.05) is 23.8 Å². The summed E-state index contributed by atoms with van der Waals surface area (Å²) in [5, 5.41) is 8.17. The lowest BCUT2D eigenvalue weighted by atomic mass is 10.1. The lowest BCUT2D eigenvalue weighted by Crippen LogP contribution is -2.47. The van der Waals surface area contributed by atoms with Crippen molar-refractivity contribution in [2.75, 3.05) is 32.0 Å². The molecule has 0 spiro atoms. The van der Waals surface area contributed by atoms with Crippen molar-refractivity contribution >= 4 is 23.4 Å². The Kier molecular flexibility index (Phi) is 7.57. The van der Waals surface area contributed by atoms with Crippen LogP contribution in [0.1, 0.15) is 38.1 Å². The Labute approximate surface area is 149 Å². The molecular formula is C18H28N4O3. The highest BCUT2D eigenvalue weighted by atomic mass is 16.2. The summed E-state index contributed by atoms with van der Waals surface area (Å²) >= 11 is 0. The molecule has 3 N–H and O–H groups in total. The van der Waals surface area contributed by atoms with Crippen LogP contribution in [0, 0.1) is 0 Å². The average molecular weight is 348 g/mol. The minimum absolute atomic E-state index is 0.0955. The van der Waals surface area contributed by atoms with Gasteiger partial charge in [0.1, 0.15) is 0 Å². The average Bonchev–Trinajstić information content (AvgIpc) is 2.51. The van der Waals surface area contributed by atoms with E-state index in [9.17, 15) is 14.4 Å². The molecule has 0 aliphatic carbocycles. The van der Waals surface area contributed by atoms with E-state index in [4.69, 9.17) is 0 Å². The summed E-state index contributed by atoms with van der Waals surface area (Å²) < 4.78 is 0. The first-order valence-electron chi connectivity index (χ1n) is 8.30. The monoisotopic (exact) mass is 348 g/mol. The number of amides is 3. The SMILES string of the molecule is CCN(CC(=O)Nc1cccc(C(=O)NC)c1)CC(=O)NC(C)(C)C. The van der Waals surface area contributed by atoms with E-state index in [2.05, 4.69) is 16.0 Å². The first-order valence-corrected chi connectivity index (χ1v) is 8.30. The number of hydrogen-bond acceptors (Lipinski definition) is 4. The largest absolute Gasteiger partial charge is 0.355 e. The van der Waals surface area contributed by atoms with E-state index in [1.165, 1.54) is 0 Å². The van der Waals surface area contributed by atoms with E-state index in [0.29, 0.717) is 17.8 Å². The summed E-state index contributed by atoms with van der Waals surface area (Å²) in [7, 11) is 1.55. The third-order valence-electron chi connectivity index (χ3n) is 3.33. The summed E-state index contributed by atoms with van der Waals surface area (Å²) in [6.45, 7) is 8.44. The molecule has 0 radical (unpaired) electrons. The Balaban J connectivity index is 2.62. The van der Waals surface area contributed by atoms with Gasteiger partial charge in [0.15, 0.2) is 0 Å². The predicted molar refractivity (Wildman–Crippen MR) is 98.5 cm³/mol. The summed E-state index contributed by atoms with van der Waals surface area (Å²) in [5.41, 5.74) is 0.706. The van der Waals surface area contributed by atoms with Crippen molar-refractivity contribution in [2.24, 2.45) is 0 Å². The van der Waals surface area contributed by atoms with Gasteiger partial charge in [-0.2, -0.15) is 0 Å². The summed E-state index contributed by atoms with van der Waals surface area (Å²) in [6, 6.07) is 6.70. The van der Waals surface area contributed by atoms with Crippen molar-refractivity contribution in [3.63, 3.8) is 0 Å². The molecule has 0 bridgehead atoms. The van der Waals surface area contributed by atoms with Crippen LogP contribution in [-0.2, 0) is 9.59 Å². The van der Waals surface area contributed by atoms with Crippen LogP contribution in [0.5, 0.6) is 0 Å². The maximum Gasteiger partial charge on any atom is 0.251 e. The summed E-state index contributed by atoms with van der Waals surface area (Å²) in [5.74, 6) is -0.576. The van der Waals surface area contributed by atoms with Gasteiger partial charge < -0.3 is 16.0 Å². The fourth-order valence-electron chi connectivity index (χ4n) is 2.23. The molecule has 1 rings (SSSR count). The van der Waals surface area contributed by atoms with Crippen LogP contribution in [-0.4, -0.2) is 54.8 Å². The smallest absolute Gasteiger partial charge is 0.251 e. The summed E-state index contributed by atoms with van der Waals surface area (Å²) in [4.78, 5) is 37.6. The van der Waals surface area contributed by atoms with Gasteiger partial charge >= 0.3 is 0 Å². The molecule has 7 heteroatoms. The fourth-order valence-corrected chi connectivity index (χ4v) is 2.23. The zero-order chi connectivity index (χ0) is 19.0. The molecular weight excluding hydrogens is 320 g/mol. The van der Waals surface area contributed by atoms with Crippen LogP contribution < -0.4 is 16.0 Å². The maximum absolute atomic E-state index is 12.2. The first kappa shape index (κ1) is 20.6. The molecule has 0 heterocycles. The predicted octanol–water partition coefficient (Wildman–Crippen LogP) is 1.22. The Morgan fingerprint density at radius 1 is 1.08 bits per heavy atom. The highest BCUT2D eigenvalue weighted by molar-refractivity contribution is 5.97. The number of likely N-dealkylation sites (N-methyl/N-ethyl adjacent to an activating group) is 1. The fraction of sp³-hybridized carbons (Fsp3) is 0.500. The number of anilines is 1. The van der Waals surface area contributed by atoms with Gasteiger partial charge in [-0.3, -0.25) is 19.3 Å². The van der Waals surface area contributed by atoms with Crippen LogP contribution in [0.2, 0.25) is 0 Å². The molecule has 1 aromatic carbocycles. The number of nitrogens with one attached hydrogen (secondary N) is 3. The molecule has 0 aromatic heterocycles. The topological polar surface area (TPSA) is 90.5 Å². The van der Waals surface area contributed by atoms with E-state index in [-0.39, 0.29) is 36.3 Å². The maximum atomic E-state index is 12.2. The number of rotatable bonds is 7. The van der Waals surface area contributed by atoms with Crippen LogP contribution in [0.4, 0.5) is 5.69 Å². The Hall–Kier alpha value is -2.41. The zero-order valence-corrected chi connectivity index (χ0v) is 15.6. The molecule has 0 fully saturated rings. The van der Waals surface area contributed by atoms with Gasteiger partial charge in [0.05, 0.1) is 13.1 Å². The van der Waals surface area contributed by atoms with Crippen LogP contribution in [0.25, 0.3) is 0 Å². The molecule has 3 amide bonds. The van der Waals surface area contributed by atoms with E-state index >= 15 is 0 Å². The van der Waals surface area contributed by atoms with Gasteiger partial charge in [-0.15, -0.1) is 0 Å². The van der Waals surface area contributed by atoms with Crippen LogP contribution in [0.3, 0.4) is 0 Å². The molecule has 7 nitrogen and oxygen atoms in total. The zero-order valence-electron chi connectivity index (χ0n) is 15.6. The van der Waals surface area contributed by atoms with Crippen molar-refractivity contribution in [1.29, 1.82) is 0 Å². The third kappa shape index (κ3) is 7.80. The van der Waals surface area contributed by atoms with E-state index < -0.39 is 0 Å². The number of benzene rings is 1. The van der Waals surface area contributed by atoms with Crippen molar-refractivity contribution < 1.29 is 14.4 Å². The second kappa shape index (κ2) is 9.17. The highest BCUT2D eigenvalue weighted by Gasteiger charge is 2.18. The lowest BCUT2D eigenvalue weighted by Gasteiger charge is -2.24. The van der Waals surface area contributed by atoms with Crippen molar-refractivity contribution in [1.82, 2.24) is 15.5 Å². The number of carbonyl (C=O) groups excluding carboxylic acids is 3. The number of hydrogen-bond donors (Lipinski definition) is 3. The molecule has 0 atom stereocenters. The van der Waals surface area contributed by atoms with Gasteiger partial charge in [-0.05, 0) is 45.5 Å². The molecule has 25 heavy (non-hydrogen) atoms. The van der Waals surface area contributed by atoms with E-state index in [1.807, 2.05) is 27.7 Å². The summed E-state index contributed by atoms with van der Waals surface area (Å²) in [6.07, 6.45) is 0. The lowest BCUT2D eigenvalue weighted by molar-refractivity contribution is -0.124. The van der Waals surface area contributed by atoms with Gasteiger partial charge in [-0.25, -0.2) is 0 Å². The second-order valence-electron chi connectivity index (χ2n) is 6.81. The van der Waals surface area contributed by atoms with Gasteiger partial charge in [-0.1, -0.05) is 13.0 Å². The van der Waals surface area contributed by atoms with Gasteiger partial charge in [0.25, 0.3) is 5.91 Å². The standard InChI is InChI=1S/C18H28N4O3/c1-6-22(12-16(24)21-18(2,3)4)11-15(23)20-14-9-7-8-13(10-14)17(25)19-5/h7-10H,6,11-12H2,1-5H3,(H,19,25)(H,20,23)(H,21,24).